The van der Waals surface area contributed by atoms with Crippen molar-refractivity contribution in [1.29, 1.82) is 0 Å². The van der Waals surface area contributed by atoms with Gasteiger partial charge in [-0.3, -0.25) is 0 Å². The summed E-state index contributed by atoms with van der Waals surface area (Å²) in [5, 5.41) is 2.96. The SMILES string of the molecule is CSc1csc2c(F)ccc(CCl)c12. The molecule has 1 heterocycles. The number of fused-ring (bicyclic) bond motifs is 1. The normalized spacial score (nSPS) is 11.1. The largest absolute Gasteiger partial charge is 0.205 e. The van der Waals surface area contributed by atoms with E-state index in [1.807, 2.05) is 11.6 Å². The fraction of sp³-hybridized carbons (Fsp3) is 0.200. The van der Waals surface area contributed by atoms with Crippen molar-refractivity contribution in [3.63, 3.8) is 0 Å². The molecule has 4 heteroatoms. The topological polar surface area (TPSA) is 0 Å². The van der Waals surface area contributed by atoms with E-state index in [1.165, 1.54) is 17.4 Å². The molecule has 0 bridgehead atoms. The molecule has 74 valence electrons. The van der Waals surface area contributed by atoms with Crippen molar-refractivity contribution < 1.29 is 4.39 Å². The lowest BCUT2D eigenvalue weighted by molar-refractivity contribution is 0.641. The highest BCUT2D eigenvalue weighted by Crippen LogP contribution is 2.36. The van der Waals surface area contributed by atoms with Crippen LogP contribution in [0.25, 0.3) is 10.1 Å². The highest BCUT2D eigenvalue weighted by molar-refractivity contribution is 7.99. The molecular weight excluding hydrogens is 239 g/mol. The first-order valence-electron chi connectivity index (χ1n) is 4.06. The van der Waals surface area contributed by atoms with Crippen LogP contribution >= 0.6 is 34.7 Å². The average Bonchev–Trinajstić information content (AvgIpc) is 2.63. The predicted molar refractivity (Wildman–Crippen MR) is 63.1 cm³/mol. The molecule has 0 fully saturated rings. The molecule has 0 N–H and O–H groups in total. The van der Waals surface area contributed by atoms with E-state index in [2.05, 4.69) is 0 Å². The van der Waals surface area contributed by atoms with Crippen molar-refractivity contribution in [1.82, 2.24) is 0 Å². The summed E-state index contributed by atoms with van der Waals surface area (Å²) in [5.41, 5.74) is 1.01. The predicted octanol–water partition coefficient (Wildman–Crippen LogP) is 4.50. The van der Waals surface area contributed by atoms with Gasteiger partial charge in [0.25, 0.3) is 0 Å². The Bertz CT molecular complexity index is 464. The lowest BCUT2D eigenvalue weighted by Crippen LogP contribution is -1.83. The molecule has 0 aliphatic heterocycles. The van der Waals surface area contributed by atoms with Crippen LogP contribution in [0.1, 0.15) is 5.56 Å². The summed E-state index contributed by atoms with van der Waals surface area (Å²) in [6.45, 7) is 0. The van der Waals surface area contributed by atoms with Gasteiger partial charge in [-0.15, -0.1) is 34.7 Å². The monoisotopic (exact) mass is 246 g/mol. The zero-order valence-corrected chi connectivity index (χ0v) is 9.90. The average molecular weight is 247 g/mol. The Labute approximate surface area is 95.1 Å². The molecule has 1 aromatic heterocycles. The number of benzene rings is 1. The standard InChI is InChI=1S/C10H8ClFS2/c1-13-8-5-14-10-7(12)3-2-6(4-11)9(8)10/h2-3,5H,4H2,1H3. The number of rotatable bonds is 2. The van der Waals surface area contributed by atoms with Crippen LogP contribution in [0.4, 0.5) is 4.39 Å². The van der Waals surface area contributed by atoms with Gasteiger partial charge < -0.3 is 0 Å². The maximum absolute atomic E-state index is 13.4. The first kappa shape index (κ1) is 10.3. The molecule has 0 saturated carbocycles. The van der Waals surface area contributed by atoms with E-state index in [0.717, 1.165) is 15.8 Å². The fourth-order valence-electron chi connectivity index (χ4n) is 1.42. The highest BCUT2D eigenvalue weighted by atomic mass is 35.5. The zero-order valence-electron chi connectivity index (χ0n) is 7.51. The molecule has 0 spiro atoms. The summed E-state index contributed by atoms with van der Waals surface area (Å²) < 4.78 is 14.1. The van der Waals surface area contributed by atoms with Crippen LogP contribution in [0, 0.1) is 5.82 Å². The van der Waals surface area contributed by atoms with Gasteiger partial charge in [-0.1, -0.05) is 6.07 Å². The Kier molecular flexibility index (Phi) is 3.00. The molecule has 0 nitrogen and oxygen atoms in total. The molecule has 0 atom stereocenters. The smallest absolute Gasteiger partial charge is 0.141 e. The van der Waals surface area contributed by atoms with Crippen LogP contribution in [-0.4, -0.2) is 6.26 Å². The van der Waals surface area contributed by atoms with E-state index in [0.29, 0.717) is 10.6 Å². The number of hydrogen-bond donors (Lipinski definition) is 0. The molecule has 0 aliphatic carbocycles. The summed E-state index contributed by atoms with van der Waals surface area (Å²) in [4.78, 5) is 1.11. The minimum absolute atomic E-state index is 0.154. The number of alkyl halides is 1. The zero-order chi connectivity index (χ0) is 10.1. The van der Waals surface area contributed by atoms with Crippen molar-refractivity contribution in [3.8, 4) is 0 Å². The van der Waals surface area contributed by atoms with Gasteiger partial charge in [0.2, 0.25) is 0 Å². The van der Waals surface area contributed by atoms with Crippen LogP contribution in [0.2, 0.25) is 0 Å². The molecular formula is C10H8ClFS2. The lowest BCUT2D eigenvalue weighted by atomic mass is 10.1. The molecule has 0 radical (unpaired) electrons. The van der Waals surface area contributed by atoms with E-state index >= 15 is 0 Å². The van der Waals surface area contributed by atoms with Gasteiger partial charge in [-0.25, -0.2) is 4.39 Å². The third-order valence-corrected chi connectivity index (χ3v) is 4.28. The lowest BCUT2D eigenvalue weighted by Gasteiger charge is -2.01. The van der Waals surface area contributed by atoms with Crippen molar-refractivity contribution in [2.45, 2.75) is 10.8 Å². The fourth-order valence-corrected chi connectivity index (χ4v) is 3.55. The summed E-state index contributed by atoms with van der Waals surface area (Å²) in [6, 6.07) is 3.25. The second-order valence-electron chi connectivity index (χ2n) is 2.85. The van der Waals surface area contributed by atoms with Crippen LogP contribution in [0.15, 0.2) is 22.4 Å². The quantitative estimate of drug-likeness (QED) is 0.555. The second-order valence-corrected chi connectivity index (χ2v) is 4.84. The van der Waals surface area contributed by atoms with Crippen LogP contribution < -0.4 is 0 Å². The van der Waals surface area contributed by atoms with Gasteiger partial charge in [0.15, 0.2) is 0 Å². The third-order valence-electron chi connectivity index (χ3n) is 2.09. The van der Waals surface area contributed by atoms with Gasteiger partial charge in [0.1, 0.15) is 5.82 Å². The Balaban J connectivity index is 2.82. The van der Waals surface area contributed by atoms with Crippen molar-refractivity contribution >= 4 is 44.8 Å². The molecule has 1 aromatic carbocycles. The first-order valence-corrected chi connectivity index (χ1v) is 6.70. The van der Waals surface area contributed by atoms with E-state index in [9.17, 15) is 4.39 Å². The van der Waals surface area contributed by atoms with Gasteiger partial charge in [0, 0.05) is 21.5 Å². The molecule has 14 heavy (non-hydrogen) atoms. The molecule has 0 unspecified atom stereocenters. The van der Waals surface area contributed by atoms with Crippen LogP contribution in [0.3, 0.4) is 0 Å². The number of hydrogen-bond acceptors (Lipinski definition) is 2. The van der Waals surface area contributed by atoms with Crippen molar-refractivity contribution in [2.24, 2.45) is 0 Å². The van der Waals surface area contributed by atoms with Crippen LogP contribution in [0.5, 0.6) is 0 Å². The Morgan fingerprint density at radius 1 is 1.50 bits per heavy atom. The van der Waals surface area contributed by atoms with E-state index in [4.69, 9.17) is 11.6 Å². The van der Waals surface area contributed by atoms with Crippen molar-refractivity contribution in [2.75, 3.05) is 6.26 Å². The molecule has 0 saturated heterocycles. The van der Waals surface area contributed by atoms with Gasteiger partial charge in [-0.05, 0) is 17.9 Å². The molecule has 2 rings (SSSR count). The highest BCUT2D eigenvalue weighted by Gasteiger charge is 2.11. The molecule has 0 aliphatic rings. The Hall–Kier alpha value is -0.250. The third kappa shape index (κ3) is 1.53. The number of halogens is 2. The summed E-state index contributed by atoms with van der Waals surface area (Å²) in [7, 11) is 0. The first-order chi connectivity index (χ1) is 6.77. The van der Waals surface area contributed by atoms with Gasteiger partial charge in [0.05, 0.1) is 4.70 Å². The minimum Gasteiger partial charge on any atom is -0.205 e. The van der Waals surface area contributed by atoms with Gasteiger partial charge >= 0.3 is 0 Å². The van der Waals surface area contributed by atoms with E-state index < -0.39 is 0 Å². The Morgan fingerprint density at radius 2 is 2.29 bits per heavy atom. The molecule has 2 aromatic rings. The van der Waals surface area contributed by atoms with Crippen molar-refractivity contribution in [3.05, 3.63) is 28.9 Å². The van der Waals surface area contributed by atoms with Crippen LogP contribution in [-0.2, 0) is 5.88 Å². The molecule has 0 amide bonds. The Morgan fingerprint density at radius 3 is 2.93 bits per heavy atom. The minimum atomic E-state index is -0.154. The van der Waals surface area contributed by atoms with Gasteiger partial charge in [-0.2, -0.15) is 0 Å². The second kappa shape index (κ2) is 4.09. The maximum Gasteiger partial charge on any atom is 0.141 e. The van der Waals surface area contributed by atoms with E-state index in [-0.39, 0.29) is 5.82 Å². The summed E-state index contributed by atoms with van der Waals surface area (Å²) in [6.07, 6.45) is 1.99. The summed E-state index contributed by atoms with van der Waals surface area (Å²) >= 11 is 8.89. The number of thiophene rings is 1. The van der Waals surface area contributed by atoms with E-state index in [1.54, 1.807) is 17.8 Å². The maximum atomic E-state index is 13.4. The number of thioether (sulfide) groups is 1. The summed E-state index contributed by atoms with van der Waals surface area (Å²) in [5.74, 6) is 0.278.